The Kier molecular flexibility index (Phi) is 3.34. The maximum Gasteiger partial charge on any atom is 0.182 e. The minimum absolute atomic E-state index is 0.415. The van der Waals surface area contributed by atoms with E-state index in [1.807, 2.05) is 0 Å². The maximum atomic E-state index is 5.18. The lowest BCUT2D eigenvalue weighted by molar-refractivity contribution is 0.219. The first kappa shape index (κ1) is 10.6. The van der Waals surface area contributed by atoms with E-state index in [0.717, 1.165) is 24.8 Å². The predicted molar refractivity (Wildman–Crippen MR) is 56.1 cm³/mol. The normalized spacial score (nSPS) is 24.9. The Balaban J connectivity index is 2.51. The fourth-order valence-electron chi connectivity index (χ4n) is 1.90. The number of ether oxygens (including phenoxy) is 1. The molecule has 0 saturated carbocycles. The Labute approximate surface area is 81.4 Å². The van der Waals surface area contributed by atoms with Crippen molar-refractivity contribution in [3.8, 4) is 0 Å². The van der Waals surface area contributed by atoms with E-state index < -0.39 is 0 Å². The van der Waals surface area contributed by atoms with Crippen LogP contribution in [-0.2, 0) is 4.74 Å². The molecule has 1 aliphatic rings. The van der Waals surface area contributed by atoms with Gasteiger partial charge in [0.15, 0.2) is 5.90 Å². The van der Waals surface area contributed by atoms with Gasteiger partial charge >= 0.3 is 0 Å². The van der Waals surface area contributed by atoms with Crippen molar-refractivity contribution in [3.05, 3.63) is 0 Å². The molecule has 0 aromatic rings. The summed E-state index contributed by atoms with van der Waals surface area (Å²) in [5.74, 6) is 1.72. The van der Waals surface area contributed by atoms with Gasteiger partial charge in [-0.1, -0.05) is 20.8 Å². The first-order valence-electron chi connectivity index (χ1n) is 5.11. The minimum atomic E-state index is 0.415. The van der Waals surface area contributed by atoms with Crippen molar-refractivity contribution in [1.82, 2.24) is 0 Å². The van der Waals surface area contributed by atoms with Crippen LogP contribution in [-0.4, -0.2) is 19.6 Å². The van der Waals surface area contributed by atoms with Crippen LogP contribution in [0.4, 0.5) is 0 Å². The quantitative estimate of drug-likeness (QED) is 0.566. The lowest BCUT2D eigenvalue weighted by Gasteiger charge is -2.29. The molecular formula is C11H21NO. The highest BCUT2D eigenvalue weighted by Crippen LogP contribution is 2.33. The Morgan fingerprint density at radius 2 is 2.00 bits per heavy atom. The highest BCUT2D eigenvalue weighted by atomic mass is 16.5. The molecule has 13 heavy (non-hydrogen) atoms. The number of hydrogen-bond acceptors (Lipinski definition) is 2. The average Bonchev–Trinajstić information content (AvgIpc) is 2.26. The van der Waals surface area contributed by atoms with E-state index in [9.17, 15) is 0 Å². The van der Waals surface area contributed by atoms with Crippen molar-refractivity contribution in [2.45, 2.75) is 40.0 Å². The molecule has 1 heterocycles. The summed E-state index contributed by atoms with van der Waals surface area (Å²) in [6, 6.07) is 0. The van der Waals surface area contributed by atoms with Gasteiger partial charge in [0.1, 0.15) is 0 Å². The second-order valence-corrected chi connectivity index (χ2v) is 4.87. The second kappa shape index (κ2) is 4.12. The number of rotatable bonds is 0. The van der Waals surface area contributed by atoms with Crippen LogP contribution in [0.1, 0.15) is 40.0 Å². The zero-order valence-electron chi connectivity index (χ0n) is 9.26. The molecule has 0 radical (unpaired) electrons. The largest absolute Gasteiger partial charge is 0.484 e. The molecule has 0 bridgehead atoms. The van der Waals surface area contributed by atoms with Crippen molar-refractivity contribution in [1.29, 1.82) is 0 Å². The summed E-state index contributed by atoms with van der Waals surface area (Å²) < 4.78 is 5.18. The molecule has 0 aliphatic carbocycles. The Hall–Kier alpha value is -0.530. The molecule has 0 saturated heterocycles. The molecule has 1 atom stereocenters. The molecule has 2 heteroatoms. The van der Waals surface area contributed by atoms with Crippen LogP contribution < -0.4 is 0 Å². The van der Waals surface area contributed by atoms with Gasteiger partial charge in [-0.15, -0.1) is 0 Å². The molecular weight excluding hydrogens is 162 g/mol. The fraction of sp³-hybridized carbons (Fsp3) is 0.909. The average molecular weight is 183 g/mol. The van der Waals surface area contributed by atoms with Crippen LogP contribution in [0.3, 0.4) is 0 Å². The summed E-state index contributed by atoms with van der Waals surface area (Å²) >= 11 is 0. The minimum Gasteiger partial charge on any atom is -0.484 e. The molecule has 2 nitrogen and oxygen atoms in total. The first-order chi connectivity index (χ1) is 6.04. The number of methoxy groups -OCH3 is 1. The zero-order valence-corrected chi connectivity index (χ0v) is 9.26. The van der Waals surface area contributed by atoms with Gasteiger partial charge in [0, 0.05) is 13.0 Å². The molecule has 1 rings (SSSR count). The molecule has 0 spiro atoms. The number of hydrogen-bond donors (Lipinski definition) is 0. The van der Waals surface area contributed by atoms with Gasteiger partial charge in [-0.05, 0) is 24.2 Å². The zero-order chi connectivity index (χ0) is 9.90. The van der Waals surface area contributed by atoms with E-state index in [0.29, 0.717) is 5.41 Å². The first-order valence-corrected chi connectivity index (χ1v) is 5.11. The summed E-state index contributed by atoms with van der Waals surface area (Å²) in [6.07, 6.45) is 3.44. The van der Waals surface area contributed by atoms with Crippen LogP contribution in [0, 0.1) is 11.3 Å². The standard InChI is InChI=1S/C11H21NO/c1-11(2,3)9-5-6-10(13-4)12-8-7-9/h9H,5-8H2,1-4H3. The number of nitrogens with zero attached hydrogens (tertiary/aromatic N) is 1. The van der Waals surface area contributed by atoms with Crippen LogP contribution in [0.15, 0.2) is 4.99 Å². The SMILES string of the molecule is COC1=NCCC(C(C)(C)C)CC1. The Morgan fingerprint density at radius 3 is 2.54 bits per heavy atom. The van der Waals surface area contributed by atoms with Gasteiger partial charge in [0.2, 0.25) is 0 Å². The summed E-state index contributed by atoms with van der Waals surface area (Å²) in [4.78, 5) is 4.40. The van der Waals surface area contributed by atoms with Gasteiger partial charge in [-0.3, -0.25) is 4.99 Å². The molecule has 0 N–H and O–H groups in total. The molecule has 1 unspecified atom stereocenters. The fourth-order valence-corrected chi connectivity index (χ4v) is 1.90. The smallest absolute Gasteiger partial charge is 0.182 e. The van der Waals surface area contributed by atoms with Gasteiger partial charge in [-0.25, -0.2) is 0 Å². The highest BCUT2D eigenvalue weighted by Gasteiger charge is 2.25. The monoisotopic (exact) mass is 183 g/mol. The van der Waals surface area contributed by atoms with E-state index in [2.05, 4.69) is 25.8 Å². The van der Waals surface area contributed by atoms with Crippen molar-refractivity contribution in [2.24, 2.45) is 16.3 Å². The summed E-state index contributed by atoms with van der Waals surface area (Å²) in [6.45, 7) is 7.88. The summed E-state index contributed by atoms with van der Waals surface area (Å²) in [5, 5.41) is 0. The van der Waals surface area contributed by atoms with Crippen LogP contribution in [0.25, 0.3) is 0 Å². The van der Waals surface area contributed by atoms with Crippen molar-refractivity contribution in [2.75, 3.05) is 13.7 Å². The van der Waals surface area contributed by atoms with E-state index in [-0.39, 0.29) is 0 Å². The molecule has 0 amide bonds. The molecule has 76 valence electrons. The van der Waals surface area contributed by atoms with Gasteiger partial charge in [0.05, 0.1) is 7.11 Å². The third-order valence-electron chi connectivity index (χ3n) is 2.93. The summed E-state index contributed by atoms with van der Waals surface area (Å²) in [5.41, 5.74) is 0.415. The van der Waals surface area contributed by atoms with E-state index in [1.54, 1.807) is 7.11 Å². The van der Waals surface area contributed by atoms with E-state index in [1.165, 1.54) is 12.8 Å². The van der Waals surface area contributed by atoms with Crippen molar-refractivity contribution in [3.63, 3.8) is 0 Å². The van der Waals surface area contributed by atoms with Crippen molar-refractivity contribution >= 4 is 5.90 Å². The van der Waals surface area contributed by atoms with Crippen LogP contribution in [0.5, 0.6) is 0 Å². The topological polar surface area (TPSA) is 21.6 Å². The molecule has 0 aromatic heterocycles. The van der Waals surface area contributed by atoms with Gasteiger partial charge in [-0.2, -0.15) is 0 Å². The third kappa shape index (κ3) is 3.02. The Bertz CT molecular complexity index is 191. The lowest BCUT2D eigenvalue weighted by atomic mass is 9.76. The van der Waals surface area contributed by atoms with E-state index in [4.69, 9.17) is 4.74 Å². The lowest BCUT2D eigenvalue weighted by Crippen LogP contribution is -2.20. The van der Waals surface area contributed by atoms with E-state index >= 15 is 0 Å². The second-order valence-electron chi connectivity index (χ2n) is 4.87. The summed E-state index contributed by atoms with van der Waals surface area (Å²) in [7, 11) is 1.72. The van der Waals surface area contributed by atoms with Gasteiger partial charge < -0.3 is 4.74 Å². The highest BCUT2D eigenvalue weighted by molar-refractivity contribution is 5.76. The number of aliphatic imine (C=N–C) groups is 1. The predicted octanol–water partition coefficient (Wildman–Crippen LogP) is 2.88. The third-order valence-corrected chi connectivity index (χ3v) is 2.93. The van der Waals surface area contributed by atoms with Gasteiger partial charge in [0.25, 0.3) is 0 Å². The maximum absolute atomic E-state index is 5.18. The molecule has 1 aliphatic heterocycles. The van der Waals surface area contributed by atoms with Crippen LogP contribution in [0.2, 0.25) is 0 Å². The van der Waals surface area contributed by atoms with Crippen LogP contribution >= 0.6 is 0 Å². The van der Waals surface area contributed by atoms with Crippen molar-refractivity contribution < 1.29 is 4.74 Å². The Morgan fingerprint density at radius 1 is 1.31 bits per heavy atom. The molecule has 0 aromatic carbocycles. The molecule has 0 fully saturated rings.